The standard InChI is InChI=1S/C13H21N5S.C12H19N5S/c1-10-14-12(16(2)3)18(5)13(15-10)17(4)8-11-6-7-19-9-11;1-9-13-11(16(2)3)15-12(14-9)17(4)7-10-5-6-18-8-10/h6-7,9-10H,8H2,1-5H3;5-6,8-9H,7H2,1-4H3,(H,13,14,15). The molecule has 0 radical (unpaired) electrons. The van der Waals surface area contributed by atoms with Crippen molar-refractivity contribution in [3.8, 4) is 0 Å². The van der Waals surface area contributed by atoms with Crippen molar-refractivity contribution in [2.75, 3.05) is 49.3 Å². The van der Waals surface area contributed by atoms with Gasteiger partial charge >= 0.3 is 0 Å². The summed E-state index contributed by atoms with van der Waals surface area (Å²) in [6.07, 6.45) is -0.0721. The van der Waals surface area contributed by atoms with E-state index in [-0.39, 0.29) is 12.3 Å². The zero-order valence-corrected chi connectivity index (χ0v) is 25.0. The molecule has 2 aliphatic rings. The first-order valence-electron chi connectivity index (χ1n) is 12.2. The molecule has 0 spiro atoms. The molecule has 2 unspecified atom stereocenters. The van der Waals surface area contributed by atoms with E-state index in [1.54, 1.807) is 22.7 Å². The molecule has 0 bridgehead atoms. The molecule has 10 nitrogen and oxygen atoms in total. The molecule has 2 aromatic heterocycles. The quantitative estimate of drug-likeness (QED) is 0.637. The Morgan fingerprint density at radius 2 is 1.24 bits per heavy atom. The van der Waals surface area contributed by atoms with Crippen LogP contribution in [0.3, 0.4) is 0 Å². The SMILES string of the molecule is CC1N=C(N(C)C)N(C)C(N(C)Cc2ccsc2)=N1.CC1N=C(N(C)C)NC(N(C)Cc2ccsc2)=N1. The van der Waals surface area contributed by atoms with Gasteiger partial charge in [0.2, 0.25) is 23.8 Å². The van der Waals surface area contributed by atoms with Crippen molar-refractivity contribution in [2.45, 2.75) is 39.3 Å². The smallest absolute Gasteiger partial charge is 0.205 e. The zero-order valence-electron chi connectivity index (χ0n) is 23.4. The number of nitrogens with one attached hydrogen (secondary N) is 1. The topological polar surface area (TPSA) is 77.7 Å². The van der Waals surface area contributed by atoms with E-state index in [2.05, 4.69) is 75.8 Å². The number of rotatable bonds is 4. The summed E-state index contributed by atoms with van der Waals surface area (Å²) in [7, 11) is 14.1. The lowest BCUT2D eigenvalue weighted by atomic mass is 10.3. The lowest BCUT2D eigenvalue weighted by Crippen LogP contribution is -2.50. The van der Waals surface area contributed by atoms with Gasteiger partial charge in [-0.3, -0.25) is 10.2 Å². The largest absolute Gasteiger partial charge is 0.349 e. The molecule has 0 saturated carbocycles. The number of guanidine groups is 4. The summed E-state index contributed by atoms with van der Waals surface area (Å²) in [6, 6.07) is 4.28. The van der Waals surface area contributed by atoms with Gasteiger partial charge in [0.25, 0.3) is 0 Å². The van der Waals surface area contributed by atoms with Crippen LogP contribution in [-0.4, -0.2) is 110 Å². The van der Waals surface area contributed by atoms with E-state index in [9.17, 15) is 0 Å². The minimum Gasteiger partial charge on any atom is -0.349 e. The third kappa shape index (κ3) is 7.93. The summed E-state index contributed by atoms with van der Waals surface area (Å²) in [6.45, 7) is 5.71. The molecule has 2 aliphatic heterocycles. The Kier molecular flexibility index (Phi) is 9.93. The van der Waals surface area contributed by atoms with E-state index >= 15 is 0 Å². The number of thiophene rings is 2. The molecule has 1 N–H and O–H groups in total. The molecular weight excluding hydrogens is 504 g/mol. The average Bonchev–Trinajstić information content (AvgIpc) is 3.54. The molecular formula is C25H40N10S2. The number of nitrogens with zero attached hydrogens (tertiary/aromatic N) is 9. The third-order valence-electron chi connectivity index (χ3n) is 5.57. The van der Waals surface area contributed by atoms with Gasteiger partial charge in [0.15, 0.2) is 0 Å². The Hall–Kier alpha value is -3.12. The van der Waals surface area contributed by atoms with E-state index in [1.165, 1.54) is 11.1 Å². The summed E-state index contributed by atoms with van der Waals surface area (Å²) >= 11 is 3.44. The Bertz CT molecular complexity index is 1100. The van der Waals surface area contributed by atoms with Crippen molar-refractivity contribution >= 4 is 46.5 Å². The van der Waals surface area contributed by atoms with Gasteiger partial charge in [0.05, 0.1) is 0 Å². The highest BCUT2D eigenvalue weighted by molar-refractivity contribution is 7.08. The maximum atomic E-state index is 4.63. The maximum absolute atomic E-state index is 4.63. The lowest BCUT2D eigenvalue weighted by molar-refractivity contribution is 0.405. The van der Waals surface area contributed by atoms with Crippen molar-refractivity contribution in [1.82, 2.24) is 29.8 Å². The minimum absolute atomic E-state index is 0.0338. The molecule has 37 heavy (non-hydrogen) atoms. The molecule has 4 heterocycles. The van der Waals surface area contributed by atoms with Gasteiger partial charge in [0.1, 0.15) is 12.3 Å². The van der Waals surface area contributed by atoms with Gasteiger partial charge < -0.3 is 19.6 Å². The van der Waals surface area contributed by atoms with Crippen LogP contribution in [0.5, 0.6) is 0 Å². The second-order valence-electron chi connectivity index (χ2n) is 9.48. The van der Waals surface area contributed by atoms with Crippen molar-refractivity contribution in [3.63, 3.8) is 0 Å². The summed E-state index contributed by atoms with van der Waals surface area (Å²) < 4.78 is 0. The van der Waals surface area contributed by atoms with Gasteiger partial charge in [-0.25, -0.2) is 20.0 Å². The van der Waals surface area contributed by atoms with Crippen molar-refractivity contribution < 1.29 is 0 Å². The third-order valence-corrected chi connectivity index (χ3v) is 7.04. The monoisotopic (exact) mass is 544 g/mol. The van der Waals surface area contributed by atoms with Crippen molar-refractivity contribution in [2.24, 2.45) is 20.0 Å². The highest BCUT2D eigenvalue weighted by atomic mass is 32.1. The highest BCUT2D eigenvalue weighted by Gasteiger charge is 2.24. The Balaban J connectivity index is 0.000000206. The molecule has 0 aromatic carbocycles. The van der Waals surface area contributed by atoms with E-state index in [0.29, 0.717) is 0 Å². The predicted molar refractivity (Wildman–Crippen MR) is 159 cm³/mol. The fraction of sp³-hybridized carbons (Fsp3) is 0.520. The molecule has 0 fully saturated rings. The number of aliphatic imine (C=N–C) groups is 4. The first-order valence-corrected chi connectivity index (χ1v) is 14.0. The summed E-state index contributed by atoms with van der Waals surface area (Å²) in [5, 5.41) is 11.8. The second-order valence-corrected chi connectivity index (χ2v) is 11.0. The normalized spacial score (nSPS) is 18.9. The van der Waals surface area contributed by atoms with Crippen LogP contribution in [-0.2, 0) is 13.1 Å². The van der Waals surface area contributed by atoms with Crippen LogP contribution in [0.25, 0.3) is 0 Å². The first kappa shape index (κ1) is 28.5. The van der Waals surface area contributed by atoms with Crippen LogP contribution >= 0.6 is 22.7 Å². The van der Waals surface area contributed by atoms with E-state index in [0.717, 1.165) is 36.9 Å². The first-order chi connectivity index (χ1) is 17.5. The average molecular weight is 545 g/mol. The summed E-state index contributed by atoms with van der Waals surface area (Å²) in [5.41, 5.74) is 2.61. The fourth-order valence-electron chi connectivity index (χ4n) is 3.82. The maximum Gasteiger partial charge on any atom is 0.205 e. The van der Waals surface area contributed by atoms with Gasteiger partial charge in [-0.05, 0) is 58.6 Å². The Morgan fingerprint density at radius 3 is 1.76 bits per heavy atom. The molecule has 2 aromatic rings. The Labute approximate surface area is 229 Å². The van der Waals surface area contributed by atoms with Crippen LogP contribution < -0.4 is 5.32 Å². The van der Waals surface area contributed by atoms with E-state index in [4.69, 9.17) is 0 Å². The van der Waals surface area contributed by atoms with Gasteiger partial charge in [-0.15, -0.1) is 0 Å². The van der Waals surface area contributed by atoms with Crippen molar-refractivity contribution in [1.29, 1.82) is 0 Å². The summed E-state index contributed by atoms with van der Waals surface area (Å²) in [4.78, 5) is 28.4. The number of hydrogen-bond acceptors (Lipinski definition) is 12. The van der Waals surface area contributed by atoms with Crippen LogP contribution in [0.1, 0.15) is 25.0 Å². The Morgan fingerprint density at radius 1 is 0.730 bits per heavy atom. The predicted octanol–water partition coefficient (Wildman–Crippen LogP) is 3.15. The van der Waals surface area contributed by atoms with E-state index in [1.807, 2.05) is 70.8 Å². The lowest BCUT2D eigenvalue weighted by Gasteiger charge is -2.35. The van der Waals surface area contributed by atoms with Crippen LogP contribution in [0.2, 0.25) is 0 Å². The molecule has 12 heteroatoms. The fourth-order valence-corrected chi connectivity index (χ4v) is 5.14. The van der Waals surface area contributed by atoms with Gasteiger partial charge in [0, 0.05) is 62.4 Å². The van der Waals surface area contributed by atoms with Gasteiger partial charge in [-0.1, -0.05) is 0 Å². The molecule has 0 aliphatic carbocycles. The van der Waals surface area contributed by atoms with Crippen LogP contribution in [0.15, 0.2) is 53.6 Å². The van der Waals surface area contributed by atoms with Crippen molar-refractivity contribution in [3.05, 3.63) is 44.8 Å². The van der Waals surface area contributed by atoms with Crippen LogP contribution in [0.4, 0.5) is 0 Å². The zero-order chi connectivity index (χ0) is 27.1. The van der Waals surface area contributed by atoms with E-state index < -0.39 is 0 Å². The highest BCUT2D eigenvalue weighted by Crippen LogP contribution is 2.14. The van der Waals surface area contributed by atoms with Crippen LogP contribution in [0, 0.1) is 0 Å². The molecule has 202 valence electrons. The molecule has 0 saturated heterocycles. The second kappa shape index (κ2) is 12.9. The number of hydrogen-bond donors (Lipinski definition) is 1. The molecule has 4 rings (SSSR count). The minimum atomic E-state index is -0.0384. The summed E-state index contributed by atoms with van der Waals surface area (Å²) in [5.74, 6) is 3.61. The molecule has 2 atom stereocenters. The van der Waals surface area contributed by atoms with Gasteiger partial charge in [-0.2, -0.15) is 22.7 Å². The molecule has 0 amide bonds.